The largest absolute Gasteiger partial charge is 0.416 e. The molecule has 2 heterocycles. The van der Waals surface area contributed by atoms with Crippen molar-refractivity contribution in [1.82, 2.24) is 9.97 Å². The Labute approximate surface area is 134 Å². The second kappa shape index (κ2) is 5.23. The summed E-state index contributed by atoms with van der Waals surface area (Å²) >= 11 is 10.6. The third-order valence-corrected chi connectivity index (χ3v) is 4.69. The van der Waals surface area contributed by atoms with Crippen molar-refractivity contribution in [2.75, 3.05) is 0 Å². The summed E-state index contributed by atoms with van der Waals surface area (Å²) in [5, 5.41) is -0.0637. The Bertz CT molecular complexity index is 832. The third kappa shape index (κ3) is 2.90. The number of alkyl halides is 3. The maximum Gasteiger partial charge on any atom is 0.416 e. The molecule has 3 rings (SSSR count). The summed E-state index contributed by atoms with van der Waals surface area (Å²) in [4.78, 5) is 9.17. The van der Waals surface area contributed by atoms with Crippen molar-refractivity contribution in [3.05, 3.63) is 44.8 Å². The van der Waals surface area contributed by atoms with Gasteiger partial charge in [-0.3, -0.25) is 4.98 Å². The van der Waals surface area contributed by atoms with Crippen molar-refractivity contribution in [3.63, 3.8) is 0 Å². The molecular weight excluding hydrogens is 389 g/mol. The summed E-state index contributed by atoms with van der Waals surface area (Å²) in [6.45, 7) is 0. The molecule has 0 unspecified atom stereocenters. The van der Waals surface area contributed by atoms with Crippen LogP contribution in [0.2, 0.25) is 5.02 Å². The summed E-state index contributed by atoms with van der Waals surface area (Å²) in [7, 11) is 0. The minimum Gasteiger partial charge on any atom is -0.251 e. The number of hydrogen-bond donors (Lipinski definition) is 0. The minimum atomic E-state index is -4.47. The highest BCUT2D eigenvalue weighted by Gasteiger charge is 2.31. The fourth-order valence-electron chi connectivity index (χ4n) is 1.82. The van der Waals surface area contributed by atoms with E-state index >= 15 is 0 Å². The van der Waals surface area contributed by atoms with Crippen LogP contribution in [0.25, 0.3) is 21.6 Å². The molecule has 8 heteroatoms. The van der Waals surface area contributed by atoms with Crippen LogP contribution in [0, 0.1) is 0 Å². The summed E-state index contributed by atoms with van der Waals surface area (Å²) < 4.78 is 39.3. The van der Waals surface area contributed by atoms with E-state index in [1.165, 1.54) is 17.5 Å². The van der Waals surface area contributed by atoms with Crippen molar-refractivity contribution >= 4 is 49.9 Å². The van der Waals surface area contributed by atoms with Crippen LogP contribution in [0.4, 0.5) is 13.2 Å². The maximum absolute atomic E-state index is 12.8. The number of halogens is 5. The molecule has 108 valence electrons. The van der Waals surface area contributed by atoms with Gasteiger partial charge >= 0.3 is 6.18 Å². The highest BCUT2D eigenvalue weighted by Crippen LogP contribution is 2.35. The van der Waals surface area contributed by atoms with Gasteiger partial charge in [0, 0.05) is 0 Å². The standard InChI is InChI=1S/C13H5BrClF3N2S/c14-11-2-1-10(21-11)9-5-19-12-7(15)3-6(13(16,17)18)4-8(12)20-9/h1-5H. The van der Waals surface area contributed by atoms with E-state index in [4.69, 9.17) is 11.6 Å². The summed E-state index contributed by atoms with van der Waals surface area (Å²) in [5.74, 6) is 0. The molecule has 2 aromatic heterocycles. The molecule has 0 aliphatic rings. The zero-order valence-electron chi connectivity index (χ0n) is 10.1. The first-order valence-electron chi connectivity index (χ1n) is 5.64. The van der Waals surface area contributed by atoms with E-state index in [2.05, 4.69) is 25.9 Å². The molecular formula is C13H5BrClF3N2S. The van der Waals surface area contributed by atoms with E-state index in [-0.39, 0.29) is 16.1 Å². The van der Waals surface area contributed by atoms with Crippen molar-refractivity contribution < 1.29 is 13.2 Å². The van der Waals surface area contributed by atoms with E-state index < -0.39 is 11.7 Å². The number of hydrogen-bond acceptors (Lipinski definition) is 3. The molecule has 0 radical (unpaired) electrons. The minimum absolute atomic E-state index is 0.0637. The molecule has 3 aromatic rings. The normalized spacial score (nSPS) is 12.0. The van der Waals surface area contributed by atoms with Gasteiger partial charge < -0.3 is 0 Å². The molecule has 0 aliphatic heterocycles. The van der Waals surface area contributed by atoms with E-state index in [9.17, 15) is 13.2 Å². The molecule has 0 fully saturated rings. The van der Waals surface area contributed by atoms with Crippen LogP contribution in [-0.2, 0) is 6.18 Å². The van der Waals surface area contributed by atoms with Gasteiger partial charge in [0.1, 0.15) is 5.52 Å². The Morgan fingerprint density at radius 1 is 1.19 bits per heavy atom. The molecule has 1 aromatic carbocycles. The molecule has 0 bridgehead atoms. The molecule has 2 nitrogen and oxygen atoms in total. The predicted octanol–water partition coefficient (Wildman–Crippen LogP) is 5.79. The fourth-order valence-corrected chi connectivity index (χ4v) is 3.42. The van der Waals surface area contributed by atoms with Gasteiger partial charge in [-0.25, -0.2) is 4.98 Å². The van der Waals surface area contributed by atoms with Crippen LogP contribution >= 0.6 is 38.9 Å². The lowest BCUT2D eigenvalue weighted by Gasteiger charge is -2.09. The van der Waals surface area contributed by atoms with Gasteiger partial charge in [-0.2, -0.15) is 13.2 Å². The van der Waals surface area contributed by atoms with Crippen molar-refractivity contribution in [2.24, 2.45) is 0 Å². The van der Waals surface area contributed by atoms with Crippen LogP contribution < -0.4 is 0 Å². The van der Waals surface area contributed by atoms with Gasteiger partial charge in [0.2, 0.25) is 0 Å². The van der Waals surface area contributed by atoms with Crippen LogP contribution in [0.1, 0.15) is 5.56 Å². The molecule has 21 heavy (non-hydrogen) atoms. The SMILES string of the molecule is FC(F)(F)c1cc(Cl)c2ncc(-c3ccc(Br)s3)nc2c1. The number of nitrogens with zero attached hydrogens (tertiary/aromatic N) is 2. The first kappa shape index (κ1) is 14.7. The second-order valence-corrected chi connectivity index (χ2v) is 7.05. The number of benzene rings is 1. The van der Waals surface area contributed by atoms with Gasteiger partial charge in [0.05, 0.1) is 36.7 Å². The monoisotopic (exact) mass is 392 g/mol. The van der Waals surface area contributed by atoms with Gasteiger partial charge in [0.25, 0.3) is 0 Å². The van der Waals surface area contributed by atoms with Crippen LogP contribution in [-0.4, -0.2) is 9.97 Å². The zero-order chi connectivity index (χ0) is 15.2. The molecule has 0 saturated carbocycles. The summed E-state index contributed by atoms with van der Waals surface area (Å²) in [6.07, 6.45) is -2.97. The van der Waals surface area contributed by atoms with Crippen molar-refractivity contribution in [1.29, 1.82) is 0 Å². The molecule has 0 spiro atoms. The second-order valence-electron chi connectivity index (χ2n) is 4.18. The van der Waals surface area contributed by atoms with E-state index in [1.54, 1.807) is 0 Å². The lowest BCUT2D eigenvalue weighted by Crippen LogP contribution is -2.05. The number of rotatable bonds is 1. The third-order valence-electron chi connectivity index (χ3n) is 2.75. The average molecular weight is 394 g/mol. The van der Waals surface area contributed by atoms with Gasteiger partial charge in [-0.15, -0.1) is 11.3 Å². The Kier molecular flexibility index (Phi) is 3.67. The number of fused-ring (bicyclic) bond motifs is 1. The lowest BCUT2D eigenvalue weighted by molar-refractivity contribution is -0.137. The molecule has 0 atom stereocenters. The van der Waals surface area contributed by atoms with E-state index in [0.717, 1.165) is 20.8 Å². The molecule has 0 aliphatic carbocycles. The number of aromatic nitrogens is 2. The van der Waals surface area contributed by atoms with Crippen LogP contribution in [0.15, 0.2) is 34.2 Å². The first-order chi connectivity index (χ1) is 9.84. The Morgan fingerprint density at radius 3 is 2.57 bits per heavy atom. The predicted molar refractivity (Wildman–Crippen MR) is 80.6 cm³/mol. The molecule has 0 saturated heterocycles. The summed E-state index contributed by atoms with van der Waals surface area (Å²) in [6, 6.07) is 5.48. The lowest BCUT2D eigenvalue weighted by atomic mass is 10.2. The van der Waals surface area contributed by atoms with Gasteiger partial charge in [-0.1, -0.05) is 11.6 Å². The van der Waals surface area contributed by atoms with Crippen molar-refractivity contribution in [3.8, 4) is 10.6 Å². The fraction of sp³-hybridized carbons (Fsp3) is 0.0769. The van der Waals surface area contributed by atoms with Gasteiger partial charge in [0.15, 0.2) is 0 Å². The smallest absolute Gasteiger partial charge is 0.251 e. The van der Waals surface area contributed by atoms with Gasteiger partial charge in [-0.05, 0) is 40.2 Å². The Morgan fingerprint density at radius 2 is 1.95 bits per heavy atom. The number of thiophene rings is 1. The van der Waals surface area contributed by atoms with Crippen LogP contribution in [0.5, 0.6) is 0 Å². The average Bonchev–Trinajstić information content (AvgIpc) is 2.83. The van der Waals surface area contributed by atoms with Crippen molar-refractivity contribution in [2.45, 2.75) is 6.18 Å². The molecule has 0 N–H and O–H groups in total. The van der Waals surface area contributed by atoms with Crippen LogP contribution in [0.3, 0.4) is 0 Å². The highest BCUT2D eigenvalue weighted by atomic mass is 79.9. The maximum atomic E-state index is 12.8. The topological polar surface area (TPSA) is 25.8 Å². The zero-order valence-corrected chi connectivity index (χ0v) is 13.2. The quantitative estimate of drug-likeness (QED) is 0.523. The first-order valence-corrected chi connectivity index (χ1v) is 7.62. The Hall–Kier alpha value is -1.18. The van der Waals surface area contributed by atoms with E-state index in [1.807, 2.05) is 12.1 Å². The summed E-state index contributed by atoms with van der Waals surface area (Å²) in [5.41, 5.74) is 0.0493. The molecule has 0 amide bonds. The van der Waals surface area contributed by atoms with E-state index in [0.29, 0.717) is 5.69 Å². The highest BCUT2D eigenvalue weighted by molar-refractivity contribution is 9.11. The Balaban J connectivity index is 2.20.